The number of hydrogen-bond acceptors (Lipinski definition) is 3. The summed E-state index contributed by atoms with van der Waals surface area (Å²) in [5.74, 6) is -0.573. The normalized spacial score (nSPS) is 23.4. The largest absolute Gasteiger partial charge is 0.364 e. The first-order chi connectivity index (χ1) is 9.00. The molecule has 1 saturated heterocycles. The van der Waals surface area contributed by atoms with E-state index >= 15 is 0 Å². The lowest BCUT2D eigenvalue weighted by molar-refractivity contribution is -0.138. The number of amides is 2. The molecule has 0 aliphatic carbocycles. The summed E-state index contributed by atoms with van der Waals surface area (Å²) in [4.78, 5) is 25.5. The van der Waals surface area contributed by atoms with Crippen molar-refractivity contribution in [2.24, 2.45) is 5.73 Å². The first-order valence-electron chi connectivity index (χ1n) is 6.63. The van der Waals surface area contributed by atoms with Gasteiger partial charge < -0.3 is 10.6 Å². The summed E-state index contributed by atoms with van der Waals surface area (Å²) in [5, 5.41) is 3.99. The van der Waals surface area contributed by atoms with Gasteiger partial charge in [0, 0.05) is 18.3 Å². The van der Waals surface area contributed by atoms with E-state index in [1.165, 1.54) is 16.9 Å². The van der Waals surface area contributed by atoms with Crippen LogP contribution in [0.25, 0.3) is 0 Å². The number of piperidine rings is 1. The second-order valence-electron chi connectivity index (χ2n) is 5.17. The van der Waals surface area contributed by atoms with E-state index in [4.69, 9.17) is 5.73 Å². The molecule has 0 saturated carbocycles. The van der Waals surface area contributed by atoms with E-state index < -0.39 is 5.91 Å². The van der Waals surface area contributed by atoms with E-state index in [0.717, 1.165) is 19.3 Å². The van der Waals surface area contributed by atoms with Gasteiger partial charge in [0.2, 0.25) is 5.91 Å². The maximum atomic E-state index is 12.4. The second-order valence-corrected chi connectivity index (χ2v) is 5.17. The van der Waals surface area contributed by atoms with Crippen molar-refractivity contribution in [3.63, 3.8) is 0 Å². The zero-order valence-corrected chi connectivity index (χ0v) is 11.4. The zero-order chi connectivity index (χ0) is 14.0. The van der Waals surface area contributed by atoms with Gasteiger partial charge in [0.15, 0.2) is 0 Å². The molecule has 0 bridgehead atoms. The molecule has 0 spiro atoms. The Morgan fingerprint density at radius 1 is 1.37 bits per heavy atom. The summed E-state index contributed by atoms with van der Waals surface area (Å²) in [5.41, 5.74) is 5.51. The molecule has 2 amide bonds. The molecule has 1 fully saturated rings. The number of rotatable bonds is 3. The number of nitrogens with two attached hydrogens (primary N) is 1. The molecule has 2 rings (SSSR count). The standard InChI is InChI=1S/C13H20N4O2/c1-9-4-3-5-10(2)17(9)12(18)8-16-11(13(14)19)6-7-15-16/h6-7,9-10H,3-5,8H2,1-2H3,(H2,14,19)/t9-,10+. The summed E-state index contributed by atoms with van der Waals surface area (Å²) < 4.78 is 1.37. The molecule has 19 heavy (non-hydrogen) atoms. The van der Waals surface area contributed by atoms with Gasteiger partial charge in [0.1, 0.15) is 12.2 Å². The lowest BCUT2D eigenvalue weighted by atomic mass is 9.97. The Hall–Kier alpha value is -1.85. The minimum atomic E-state index is -0.565. The van der Waals surface area contributed by atoms with Crippen LogP contribution in [0, 0.1) is 0 Å². The topological polar surface area (TPSA) is 81.2 Å². The molecule has 1 aromatic rings. The van der Waals surface area contributed by atoms with Crippen molar-refractivity contribution >= 4 is 11.8 Å². The fraction of sp³-hybridized carbons (Fsp3) is 0.615. The van der Waals surface area contributed by atoms with Gasteiger partial charge in [-0.2, -0.15) is 5.10 Å². The number of carbonyl (C=O) groups is 2. The smallest absolute Gasteiger partial charge is 0.266 e. The van der Waals surface area contributed by atoms with Crippen LogP contribution in [0.2, 0.25) is 0 Å². The second kappa shape index (κ2) is 5.42. The maximum Gasteiger partial charge on any atom is 0.266 e. The highest BCUT2D eigenvalue weighted by Crippen LogP contribution is 2.22. The van der Waals surface area contributed by atoms with E-state index in [2.05, 4.69) is 18.9 Å². The minimum Gasteiger partial charge on any atom is -0.364 e. The average Bonchev–Trinajstić information content (AvgIpc) is 2.76. The molecular weight excluding hydrogens is 244 g/mol. The highest BCUT2D eigenvalue weighted by molar-refractivity contribution is 5.91. The summed E-state index contributed by atoms with van der Waals surface area (Å²) in [6.45, 7) is 4.19. The van der Waals surface area contributed by atoms with Gasteiger partial charge in [-0.3, -0.25) is 14.3 Å². The Kier molecular flexibility index (Phi) is 3.87. The van der Waals surface area contributed by atoms with Gasteiger partial charge >= 0.3 is 0 Å². The predicted octanol–water partition coefficient (Wildman–Crippen LogP) is 0.771. The van der Waals surface area contributed by atoms with Crippen LogP contribution in [0.4, 0.5) is 0 Å². The summed E-state index contributed by atoms with van der Waals surface area (Å²) in [6.07, 6.45) is 4.69. The summed E-state index contributed by atoms with van der Waals surface area (Å²) in [7, 11) is 0. The number of aromatic nitrogens is 2. The van der Waals surface area contributed by atoms with Crippen LogP contribution in [-0.2, 0) is 11.3 Å². The quantitative estimate of drug-likeness (QED) is 0.875. The number of primary amides is 1. The van der Waals surface area contributed by atoms with Gasteiger partial charge in [-0.15, -0.1) is 0 Å². The van der Waals surface area contributed by atoms with Crippen LogP contribution >= 0.6 is 0 Å². The van der Waals surface area contributed by atoms with Crippen molar-refractivity contribution in [1.29, 1.82) is 0 Å². The molecule has 104 valence electrons. The van der Waals surface area contributed by atoms with Crippen molar-refractivity contribution < 1.29 is 9.59 Å². The van der Waals surface area contributed by atoms with Crippen LogP contribution in [0.5, 0.6) is 0 Å². The van der Waals surface area contributed by atoms with Crippen LogP contribution < -0.4 is 5.73 Å². The maximum absolute atomic E-state index is 12.4. The molecule has 2 heterocycles. The van der Waals surface area contributed by atoms with Crippen molar-refractivity contribution in [1.82, 2.24) is 14.7 Å². The van der Waals surface area contributed by atoms with Crippen LogP contribution in [-0.4, -0.2) is 38.6 Å². The minimum absolute atomic E-state index is 0.00843. The molecule has 1 aliphatic rings. The van der Waals surface area contributed by atoms with Crippen molar-refractivity contribution in [3.8, 4) is 0 Å². The Balaban J connectivity index is 2.12. The summed E-state index contributed by atoms with van der Waals surface area (Å²) in [6, 6.07) is 2.01. The summed E-state index contributed by atoms with van der Waals surface area (Å²) >= 11 is 0. The third-order valence-electron chi connectivity index (χ3n) is 3.74. The van der Waals surface area contributed by atoms with Crippen molar-refractivity contribution in [2.75, 3.05) is 0 Å². The molecule has 0 aromatic carbocycles. The van der Waals surface area contributed by atoms with Gasteiger partial charge in [0.05, 0.1) is 0 Å². The van der Waals surface area contributed by atoms with Gasteiger partial charge in [0.25, 0.3) is 5.91 Å². The van der Waals surface area contributed by atoms with Crippen LogP contribution in [0.15, 0.2) is 12.3 Å². The van der Waals surface area contributed by atoms with E-state index in [1.54, 1.807) is 0 Å². The van der Waals surface area contributed by atoms with E-state index in [0.29, 0.717) is 0 Å². The number of likely N-dealkylation sites (tertiary alicyclic amines) is 1. The Morgan fingerprint density at radius 3 is 2.58 bits per heavy atom. The van der Waals surface area contributed by atoms with Crippen LogP contribution in [0.1, 0.15) is 43.6 Å². The van der Waals surface area contributed by atoms with Gasteiger partial charge in [-0.25, -0.2) is 0 Å². The SMILES string of the molecule is C[C@@H]1CCC[C@H](C)N1C(=O)Cn1nccc1C(N)=O. The average molecular weight is 264 g/mol. The first kappa shape index (κ1) is 13.6. The van der Waals surface area contributed by atoms with Gasteiger partial charge in [-0.05, 0) is 39.2 Å². The zero-order valence-electron chi connectivity index (χ0n) is 11.4. The fourth-order valence-corrected chi connectivity index (χ4v) is 2.79. The van der Waals surface area contributed by atoms with Crippen molar-refractivity contribution in [3.05, 3.63) is 18.0 Å². The van der Waals surface area contributed by atoms with Crippen molar-refractivity contribution in [2.45, 2.75) is 51.7 Å². The Morgan fingerprint density at radius 2 is 2.00 bits per heavy atom. The number of nitrogens with zero attached hydrogens (tertiary/aromatic N) is 3. The number of carbonyl (C=O) groups excluding carboxylic acids is 2. The fourth-order valence-electron chi connectivity index (χ4n) is 2.79. The lowest BCUT2D eigenvalue weighted by Crippen LogP contribution is -2.49. The third kappa shape index (κ3) is 2.77. The molecule has 1 aliphatic heterocycles. The van der Waals surface area contributed by atoms with E-state index in [1.807, 2.05) is 4.90 Å². The van der Waals surface area contributed by atoms with E-state index in [-0.39, 0.29) is 30.2 Å². The third-order valence-corrected chi connectivity index (χ3v) is 3.74. The van der Waals surface area contributed by atoms with Gasteiger partial charge in [-0.1, -0.05) is 0 Å². The monoisotopic (exact) mass is 264 g/mol. The van der Waals surface area contributed by atoms with Crippen LogP contribution in [0.3, 0.4) is 0 Å². The van der Waals surface area contributed by atoms with E-state index in [9.17, 15) is 9.59 Å². The molecule has 6 heteroatoms. The highest BCUT2D eigenvalue weighted by Gasteiger charge is 2.29. The lowest BCUT2D eigenvalue weighted by Gasteiger charge is -2.39. The molecule has 6 nitrogen and oxygen atoms in total. The molecule has 0 radical (unpaired) electrons. The molecule has 2 atom stereocenters. The first-order valence-corrected chi connectivity index (χ1v) is 6.63. The number of hydrogen-bond donors (Lipinski definition) is 1. The molecule has 0 unspecified atom stereocenters. The Labute approximate surface area is 112 Å². The highest BCUT2D eigenvalue weighted by atomic mass is 16.2. The predicted molar refractivity (Wildman–Crippen MR) is 70.4 cm³/mol. The molecule has 1 aromatic heterocycles. The molecular formula is C13H20N4O2. The Bertz CT molecular complexity index is 473. The molecule has 2 N–H and O–H groups in total.